The minimum atomic E-state index is -0.877. The van der Waals surface area contributed by atoms with Crippen molar-refractivity contribution in [3.05, 3.63) is 33.8 Å². The summed E-state index contributed by atoms with van der Waals surface area (Å²) in [5.74, 6) is -2.33. The summed E-state index contributed by atoms with van der Waals surface area (Å²) in [6, 6.07) is 1.95. The molecular weight excluding hydrogens is 372 g/mol. The van der Waals surface area contributed by atoms with Crippen LogP contribution >= 0.6 is 31.9 Å². The third kappa shape index (κ3) is 3.75. The van der Waals surface area contributed by atoms with Gasteiger partial charge in [-0.25, -0.2) is 8.78 Å². The first-order chi connectivity index (χ1) is 8.36. The molecule has 0 heterocycles. The molecule has 2 atom stereocenters. The molecule has 2 nitrogen and oxygen atoms in total. The lowest BCUT2D eigenvalue weighted by Crippen LogP contribution is -2.38. The van der Waals surface area contributed by atoms with Crippen molar-refractivity contribution in [3.63, 3.8) is 0 Å². The Balaban J connectivity index is 2.92. The maximum absolute atomic E-state index is 13.6. The Morgan fingerprint density at radius 3 is 2.28 bits per heavy atom. The molecule has 0 aliphatic carbocycles. The highest BCUT2D eigenvalue weighted by Gasteiger charge is 2.21. The molecular formula is C12H13Br2F2NO. The van der Waals surface area contributed by atoms with Crippen molar-refractivity contribution in [1.29, 1.82) is 0 Å². The molecule has 1 aromatic carbocycles. The maximum atomic E-state index is 13.6. The second-order valence-corrected chi connectivity index (χ2v) is 5.70. The molecule has 0 fully saturated rings. The Morgan fingerprint density at radius 2 is 1.83 bits per heavy atom. The van der Waals surface area contributed by atoms with Gasteiger partial charge in [-0.3, -0.25) is 4.79 Å². The summed E-state index contributed by atoms with van der Waals surface area (Å²) in [5.41, 5.74) is -0.549. The van der Waals surface area contributed by atoms with Crippen LogP contribution in [0.15, 0.2) is 16.6 Å². The number of nitrogens with one attached hydrogen (secondary N) is 1. The minimum absolute atomic E-state index is 0.163. The highest BCUT2D eigenvalue weighted by molar-refractivity contribution is 9.10. The van der Waals surface area contributed by atoms with Crippen molar-refractivity contribution < 1.29 is 13.6 Å². The molecule has 1 N–H and O–H groups in total. The molecule has 0 bridgehead atoms. The van der Waals surface area contributed by atoms with E-state index in [0.717, 1.165) is 12.1 Å². The van der Waals surface area contributed by atoms with Crippen LogP contribution in [0.3, 0.4) is 0 Å². The van der Waals surface area contributed by atoms with Gasteiger partial charge in [0.25, 0.3) is 5.91 Å². The number of rotatable bonds is 4. The van der Waals surface area contributed by atoms with E-state index >= 15 is 0 Å². The van der Waals surface area contributed by atoms with E-state index in [2.05, 4.69) is 37.2 Å². The summed E-state index contributed by atoms with van der Waals surface area (Å²) in [7, 11) is 0. The van der Waals surface area contributed by atoms with Gasteiger partial charge < -0.3 is 5.32 Å². The molecule has 6 heteroatoms. The Kier molecular flexibility index (Phi) is 5.72. The summed E-state index contributed by atoms with van der Waals surface area (Å²) >= 11 is 6.26. The lowest BCUT2D eigenvalue weighted by Gasteiger charge is -2.19. The van der Waals surface area contributed by atoms with Gasteiger partial charge in [0.05, 0.1) is 0 Å². The zero-order valence-electron chi connectivity index (χ0n) is 9.94. The molecule has 0 saturated heterocycles. The first-order valence-corrected chi connectivity index (χ1v) is 7.29. The average molecular weight is 385 g/mol. The molecule has 100 valence electrons. The highest BCUT2D eigenvalue weighted by atomic mass is 79.9. The van der Waals surface area contributed by atoms with Gasteiger partial charge in [0.1, 0.15) is 17.2 Å². The normalized spacial score (nSPS) is 14.1. The van der Waals surface area contributed by atoms with Crippen LogP contribution in [0.1, 0.15) is 24.2 Å². The van der Waals surface area contributed by atoms with Gasteiger partial charge in [-0.2, -0.15) is 0 Å². The first-order valence-electron chi connectivity index (χ1n) is 5.38. The van der Waals surface area contributed by atoms with E-state index in [4.69, 9.17) is 0 Å². The predicted molar refractivity (Wildman–Crippen MR) is 73.9 cm³/mol. The number of hydrogen-bond donors (Lipinski definition) is 1. The van der Waals surface area contributed by atoms with Crippen LogP contribution in [0.2, 0.25) is 0 Å². The Bertz CT molecular complexity index is 431. The predicted octanol–water partition coefficient (Wildman–Crippen LogP) is 3.88. The van der Waals surface area contributed by atoms with Crippen LogP contribution in [-0.2, 0) is 0 Å². The van der Waals surface area contributed by atoms with Crippen LogP contribution in [-0.4, -0.2) is 17.3 Å². The van der Waals surface area contributed by atoms with Gasteiger partial charge in [0, 0.05) is 15.8 Å². The second-order valence-electron chi connectivity index (χ2n) is 4.14. The van der Waals surface area contributed by atoms with Gasteiger partial charge in [-0.15, -0.1) is 0 Å². The summed E-state index contributed by atoms with van der Waals surface area (Å²) < 4.78 is 27.4. The van der Waals surface area contributed by atoms with Gasteiger partial charge in [-0.05, 0) is 25.0 Å². The van der Waals surface area contributed by atoms with Gasteiger partial charge >= 0.3 is 0 Å². The lowest BCUT2D eigenvalue weighted by molar-refractivity contribution is 0.0922. The number of alkyl halides is 1. The van der Waals surface area contributed by atoms with Crippen molar-refractivity contribution in [2.24, 2.45) is 5.92 Å². The van der Waals surface area contributed by atoms with E-state index in [1.807, 2.05) is 6.92 Å². The van der Waals surface area contributed by atoms with Crippen LogP contribution < -0.4 is 5.32 Å². The summed E-state index contributed by atoms with van der Waals surface area (Å²) in [5, 5.41) is 3.28. The topological polar surface area (TPSA) is 29.1 Å². The van der Waals surface area contributed by atoms with Crippen molar-refractivity contribution in [3.8, 4) is 0 Å². The molecule has 1 amide bonds. The SMILES string of the molecule is CC(CBr)C(C)NC(=O)c1c(F)cc(Br)cc1F. The molecule has 0 saturated carbocycles. The summed E-state index contributed by atoms with van der Waals surface area (Å²) in [4.78, 5) is 11.8. The van der Waals surface area contributed by atoms with Crippen molar-refractivity contribution in [2.75, 3.05) is 5.33 Å². The number of benzene rings is 1. The van der Waals surface area contributed by atoms with E-state index in [1.54, 1.807) is 6.92 Å². The molecule has 2 unspecified atom stereocenters. The molecule has 1 aromatic rings. The largest absolute Gasteiger partial charge is 0.349 e. The Hall–Kier alpha value is -0.490. The van der Waals surface area contributed by atoms with Crippen LogP contribution in [0.25, 0.3) is 0 Å². The van der Waals surface area contributed by atoms with Crippen LogP contribution in [0.5, 0.6) is 0 Å². The fraction of sp³-hybridized carbons (Fsp3) is 0.417. The quantitative estimate of drug-likeness (QED) is 0.784. The van der Waals surface area contributed by atoms with E-state index in [9.17, 15) is 13.6 Å². The number of carbonyl (C=O) groups is 1. The summed E-state index contributed by atoms with van der Waals surface area (Å²) in [6.45, 7) is 3.71. The van der Waals surface area contributed by atoms with Crippen molar-refractivity contribution in [1.82, 2.24) is 5.32 Å². The van der Waals surface area contributed by atoms with Crippen LogP contribution in [0.4, 0.5) is 8.78 Å². The molecule has 0 aromatic heterocycles. The zero-order chi connectivity index (χ0) is 13.9. The summed E-state index contributed by atoms with van der Waals surface area (Å²) in [6.07, 6.45) is 0. The van der Waals surface area contributed by atoms with E-state index in [1.165, 1.54) is 0 Å². The molecule has 0 spiro atoms. The highest BCUT2D eigenvalue weighted by Crippen LogP contribution is 2.19. The fourth-order valence-electron chi connectivity index (χ4n) is 1.31. The van der Waals surface area contributed by atoms with Crippen molar-refractivity contribution >= 4 is 37.8 Å². The zero-order valence-corrected chi connectivity index (χ0v) is 13.1. The van der Waals surface area contributed by atoms with E-state index in [0.29, 0.717) is 5.33 Å². The monoisotopic (exact) mass is 383 g/mol. The smallest absolute Gasteiger partial charge is 0.257 e. The van der Waals surface area contributed by atoms with Gasteiger partial charge in [-0.1, -0.05) is 38.8 Å². The number of hydrogen-bond acceptors (Lipinski definition) is 1. The van der Waals surface area contributed by atoms with Crippen LogP contribution in [0, 0.1) is 17.6 Å². The number of halogens is 4. The third-order valence-electron chi connectivity index (χ3n) is 2.69. The van der Waals surface area contributed by atoms with Crippen molar-refractivity contribution in [2.45, 2.75) is 19.9 Å². The molecule has 0 aliphatic rings. The Labute approximate surface area is 121 Å². The molecule has 0 radical (unpaired) electrons. The minimum Gasteiger partial charge on any atom is -0.349 e. The molecule has 18 heavy (non-hydrogen) atoms. The van der Waals surface area contributed by atoms with Gasteiger partial charge in [0.15, 0.2) is 0 Å². The molecule has 1 rings (SSSR count). The second kappa shape index (κ2) is 6.61. The first kappa shape index (κ1) is 15.6. The lowest BCUT2D eigenvalue weighted by atomic mass is 10.1. The fourth-order valence-corrected chi connectivity index (χ4v) is 2.28. The third-order valence-corrected chi connectivity index (χ3v) is 4.17. The average Bonchev–Trinajstić information content (AvgIpc) is 2.26. The molecule has 0 aliphatic heterocycles. The number of amides is 1. The maximum Gasteiger partial charge on any atom is 0.257 e. The van der Waals surface area contributed by atoms with E-state index in [-0.39, 0.29) is 16.4 Å². The standard InChI is InChI=1S/C12H13Br2F2NO/c1-6(5-13)7(2)17-12(18)11-9(15)3-8(14)4-10(11)16/h3-4,6-7H,5H2,1-2H3,(H,17,18). The Morgan fingerprint density at radius 1 is 1.33 bits per heavy atom. The number of carbonyl (C=O) groups excluding carboxylic acids is 1. The van der Waals surface area contributed by atoms with Gasteiger partial charge in [0.2, 0.25) is 0 Å². The van der Waals surface area contributed by atoms with E-state index < -0.39 is 23.1 Å².